The summed E-state index contributed by atoms with van der Waals surface area (Å²) in [6.07, 6.45) is 12.9. The van der Waals surface area contributed by atoms with Gasteiger partial charge in [0, 0.05) is 58.2 Å². The monoisotopic (exact) mass is 458 g/mol. The van der Waals surface area contributed by atoms with Crippen molar-refractivity contribution < 1.29 is 4.79 Å². The molecule has 1 atom stereocenters. The molecule has 1 unspecified atom stereocenters. The number of carbonyl (C=O) groups is 1. The van der Waals surface area contributed by atoms with Crippen LogP contribution in [0, 0.1) is 17.2 Å². The van der Waals surface area contributed by atoms with E-state index in [-0.39, 0.29) is 11.2 Å². The summed E-state index contributed by atoms with van der Waals surface area (Å²) in [5, 5.41) is 13.2. The molecular weight excluding hydrogens is 420 g/mol. The summed E-state index contributed by atoms with van der Waals surface area (Å²) in [5.74, 6) is 0.568. The third kappa shape index (κ3) is 3.96. The molecule has 1 fully saturated rings. The molecule has 34 heavy (non-hydrogen) atoms. The van der Waals surface area contributed by atoms with Crippen LogP contribution in [0.15, 0.2) is 28.5 Å². The van der Waals surface area contributed by atoms with Crippen LogP contribution in [0.3, 0.4) is 0 Å². The number of allylic oxidation sites excluding steroid dienone is 5. The zero-order chi connectivity index (χ0) is 23.9. The number of nitrogens with one attached hydrogen (secondary N) is 2. The van der Waals surface area contributed by atoms with Crippen molar-refractivity contribution in [3.8, 4) is 6.07 Å². The minimum atomic E-state index is -0.271. The second-order valence-corrected chi connectivity index (χ2v) is 11.0. The summed E-state index contributed by atoms with van der Waals surface area (Å²) in [6, 6.07) is 2.30. The number of carbonyl (C=O) groups excluding carboxylic acids is 1. The average molecular weight is 459 g/mol. The maximum absolute atomic E-state index is 13.8. The number of Topliss-reactive ketones (excluding diaryl/α,β-unsaturated/α-hetero) is 1. The number of fused-ring (bicyclic) bond motifs is 3. The van der Waals surface area contributed by atoms with Gasteiger partial charge in [0.1, 0.15) is 0 Å². The van der Waals surface area contributed by atoms with Crippen molar-refractivity contribution in [2.75, 3.05) is 26.2 Å². The maximum atomic E-state index is 13.8. The number of likely N-dealkylation sites (tertiary alicyclic amines) is 1. The molecule has 1 saturated heterocycles. The van der Waals surface area contributed by atoms with Crippen molar-refractivity contribution in [3.63, 3.8) is 0 Å². The van der Waals surface area contributed by atoms with E-state index < -0.39 is 0 Å². The third-order valence-electron chi connectivity index (χ3n) is 8.51. The number of hydrogen-bond acceptors (Lipinski definition) is 4. The first-order valence-corrected chi connectivity index (χ1v) is 13.3. The Hall–Kier alpha value is -2.58. The first-order valence-electron chi connectivity index (χ1n) is 13.3. The van der Waals surface area contributed by atoms with E-state index in [2.05, 4.69) is 48.1 Å². The highest BCUT2D eigenvalue weighted by Crippen LogP contribution is 2.48. The van der Waals surface area contributed by atoms with E-state index in [1.54, 1.807) is 0 Å². The molecule has 0 aromatic carbocycles. The Morgan fingerprint density at radius 1 is 1.18 bits per heavy atom. The Bertz CT molecular complexity index is 1120. The fraction of sp³-hybridized carbons (Fsp3) is 0.586. The lowest BCUT2D eigenvalue weighted by Crippen LogP contribution is -2.38. The van der Waals surface area contributed by atoms with E-state index >= 15 is 0 Å². The number of aromatic nitrogens is 1. The lowest BCUT2D eigenvalue weighted by molar-refractivity contribution is 0.101. The number of aromatic amines is 1. The van der Waals surface area contributed by atoms with E-state index in [9.17, 15) is 10.1 Å². The molecule has 2 N–H and O–H groups in total. The van der Waals surface area contributed by atoms with E-state index in [0.29, 0.717) is 5.92 Å². The molecule has 180 valence electrons. The molecule has 1 aromatic heterocycles. The van der Waals surface area contributed by atoms with Crippen LogP contribution >= 0.6 is 0 Å². The second-order valence-electron chi connectivity index (χ2n) is 11.0. The highest BCUT2D eigenvalue weighted by molar-refractivity contribution is 6.14. The van der Waals surface area contributed by atoms with Crippen molar-refractivity contribution in [1.29, 1.82) is 5.26 Å². The maximum Gasteiger partial charge on any atom is 0.191 e. The number of nitrogens with zero attached hydrogens (tertiary/aromatic N) is 2. The molecule has 5 rings (SSSR count). The van der Waals surface area contributed by atoms with Gasteiger partial charge < -0.3 is 15.2 Å². The molecule has 0 amide bonds. The van der Waals surface area contributed by atoms with Gasteiger partial charge in [-0.2, -0.15) is 5.26 Å². The van der Waals surface area contributed by atoms with Gasteiger partial charge in [-0.05, 0) is 74.9 Å². The molecular formula is C29H38N4O. The van der Waals surface area contributed by atoms with Crippen molar-refractivity contribution in [3.05, 3.63) is 51.0 Å². The fourth-order valence-electron chi connectivity index (χ4n) is 6.42. The lowest BCUT2D eigenvalue weighted by atomic mass is 9.66. The highest BCUT2D eigenvalue weighted by Gasteiger charge is 2.44. The zero-order valence-corrected chi connectivity index (χ0v) is 21.0. The lowest BCUT2D eigenvalue weighted by Gasteiger charge is -2.38. The Morgan fingerprint density at radius 2 is 1.94 bits per heavy atom. The standard InChI is InChI=1S/C29H38N4O/c1-4-20-16-22-23(17-24(20)31-11-14-33-12-7-5-6-8-13-33)29(2,3)28-26(27(22)34)21-10-9-19(18-30)15-25(21)32-28/h15,17,20,31-32H,4-14,16H2,1-3H3. The van der Waals surface area contributed by atoms with Gasteiger partial charge in [-0.1, -0.05) is 33.6 Å². The van der Waals surface area contributed by atoms with Crippen LogP contribution in [0.5, 0.6) is 0 Å². The van der Waals surface area contributed by atoms with Crippen molar-refractivity contribution in [2.45, 2.75) is 77.6 Å². The van der Waals surface area contributed by atoms with Crippen LogP contribution in [-0.4, -0.2) is 41.8 Å². The van der Waals surface area contributed by atoms with Gasteiger partial charge in [0.05, 0.1) is 6.07 Å². The van der Waals surface area contributed by atoms with Gasteiger partial charge in [-0.3, -0.25) is 4.79 Å². The molecule has 0 saturated carbocycles. The van der Waals surface area contributed by atoms with Crippen LogP contribution in [0.1, 0.15) is 93.0 Å². The molecule has 3 aliphatic carbocycles. The number of nitriles is 1. The van der Waals surface area contributed by atoms with Crippen molar-refractivity contribution >= 4 is 11.9 Å². The van der Waals surface area contributed by atoms with Crippen LogP contribution in [0.25, 0.3) is 6.08 Å². The van der Waals surface area contributed by atoms with Gasteiger partial charge in [-0.15, -0.1) is 0 Å². The van der Waals surface area contributed by atoms with Gasteiger partial charge in [0.2, 0.25) is 0 Å². The van der Waals surface area contributed by atoms with Crippen LogP contribution in [0.4, 0.5) is 0 Å². The Morgan fingerprint density at radius 3 is 2.65 bits per heavy atom. The van der Waals surface area contributed by atoms with Gasteiger partial charge in [0.15, 0.2) is 5.78 Å². The molecule has 0 radical (unpaired) electrons. The summed E-state index contributed by atoms with van der Waals surface area (Å²) in [4.78, 5) is 20.0. The predicted molar refractivity (Wildman–Crippen MR) is 136 cm³/mol. The molecule has 2 heterocycles. The Labute approximate surface area is 204 Å². The molecule has 5 heteroatoms. The summed E-state index contributed by atoms with van der Waals surface area (Å²) in [5.41, 5.74) is 7.94. The quantitative estimate of drug-likeness (QED) is 0.618. The van der Waals surface area contributed by atoms with Crippen LogP contribution in [-0.2, 0) is 11.8 Å². The minimum Gasteiger partial charge on any atom is -0.387 e. The number of H-pyrrole nitrogens is 1. The Kier molecular flexibility index (Phi) is 6.29. The first kappa shape index (κ1) is 23.2. The summed E-state index contributed by atoms with van der Waals surface area (Å²) >= 11 is 0. The van der Waals surface area contributed by atoms with E-state index in [0.717, 1.165) is 78.0 Å². The molecule has 1 aliphatic heterocycles. The number of rotatable bonds is 5. The predicted octanol–water partition coefficient (Wildman–Crippen LogP) is 5.42. The Balaban J connectivity index is 1.43. The smallest absolute Gasteiger partial charge is 0.191 e. The summed E-state index contributed by atoms with van der Waals surface area (Å²) in [7, 11) is 0. The fourth-order valence-corrected chi connectivity index (χ4v) is 6.42. The SMILES string of the molecule is CCC1CC2=C(C=C1NCCN1CCCCCC1)C(C)(C)c1[nH]c3c(c1C2=O)CCC(C#N)=C3. The van der Waals surface area contributed by atoms with Crippen molar-refractivity contribution in [1.82, 2.24) is 15.2 Å². The third-order valence-corrected chi connectivity index (χ3v) is 8.51. The van der Waals surface area contributed by atoms with E-state index in [1.165, 1.54) is 44.5 Å². The van der Waals surface area contributed by atoms with Crippen molar-refractivity contribution in [2.24, 2.45) is 5.92 Å². The van der Waals surface area contributed by atoms with Gasteiger partial charge in [0.25, 0.3) is 0 Å². The zero-order valence-electron chi connectivity index (χ0n) is 21.0. The topological polar surface area (TPSA) is 71.9 Å². The average Bonchev–Trinajstić information content (AvgIpc) is 3.04. The van der Waals surface area contributed by atoms with E-state index in [4.69, 9.17) is 0 Å². The second kappa shape index (κ2) is 9.23. The first-order chi connectivity index (χ1) is 16.4. The summed E-state index contributed by atoms with van der Waals surface area (Å²) in [6.45, 7) is 11.2. The number of hydrogen-bond donors (Lipinski definition) is 2. The van der Waals surface area contributed by atoms with Gasteiger partial charge in [-0.25, -0.2) is 0 Å². The van der Waals surface area contributed by atoms with Gasteiger partial charge >= 0.3 is 0 Å². The molecule has 0 bridgehead atoms. The normalized spacial score (nSPS) is 24.3. The summed E-state index contributed by atoms with van der Waals surface area (Å²) < 4.78 is 0. The van der Waals surface area contributed by atoms with Crippen LogP contribution < -0.4 is 5.32 Å². The highest BCUT2D eigenvalue weighted by atomic mass is 16.1. The largest absolute Gasteiger partial charge is 0.387 e. The molecule has 4 aliphatic rings. The van der Waals surface area contributed by atoms with E-state index in [1.807, 2.05) is 6.08 Å². The molecule has 0 spiro atoms. The molecule has 5 nitrogen and oxygen atoms in total. The number of ketones is 1. The molecule has 1 aromatic rings. The van der Waals surface area contributed by atoms with Crippen LogP contribution in [0.2, 0.25) is 0 Å². The minimum absolute atomic E-state index is 0.203.